The van der Waals surface area contributed by atoms with Gasteiger partial charge in [-0.15, -0.1) is 6.42 Å². The van der Waals surface area contributed by atoms with E-state index >= 15 is 0 Å². The summed E-state index contributed by atoms with van der Waals surface area (Å²) in [5.41, 5.74) is 5.54. The number of aromatic amines is 1. The fraction of sp³-hybridized carbons (Fsp3) is 0.125. The normalized spacial score (nSPS) is 10.2. The first-order chi connectivity index (χ1) is 6.15. The van der Waals surface area contributed by atoms with Crippen LogP contribution < -0.4 is 11.3 Å². The lowest BCUT2D eigenvalue weighted by Gasteiger charge is -1.97. The molecule has 1 aromatic rings. The number of hydrogen-bond donors (Lipinski definition) is 2. The van der Waals surface area contributed by atoms with Gasteiger partial charge in [0.15, 0.2) is 5.69 Å². The van der Waals surface area contributed by atoms with Crippen LogP contribution in [0.1, 0.15) is 5.69 Å². The fourth-order valence-electron chi connectivity index (χ4n) is 0.855. The van der Waals surface area contributed by atoms with Gasteiger partial charge in [-0.05, 0) is 6.92 Å². The first-order valence-corrected chi connectivity index (χ1v) is 3.50. The maximum absolute atomic E-state index is 11.2. The average Bonchev–Trinajstić information content (AvgIpc) is 2.02. The molecule has 0 bridgehead atoms. The van der Waals surface area contributed by atoms with Gasteiger partial charge in [-0.1, -0.05) is 5.92 Å². The van der Waals surface area contributed by atoms with Crippen molar-refractivity contribution in [2.24, 2.45) is 4.99 Å². The van der Waals surface area contributed by atoms with Crippen molar-refractivity contribution < 1.29 is 0 Å². The molecule has 0 radical (unpaired) electrons. The molecule has 0 aliphatic carbocycles. The number of hydrogen-bond acceptors (Lipinski definition) is 4. The fourth-order valence-corrected chi connectivity index (χ4v) is 0.855. The van der Waals surface area contributed by atoms with E-state index in [2.05, 4.69) is 20.9 Å². The maximum atomic E-state index is 11.2. The van der Waals surface area contributed by atoms with Crippen molar-refractivity contribution in [1.29, 1.82) is 0 Å². The van der Waals surface area contributed by atoms with Crippen molar-refractivity contribution in [2.75, 3.05) is 5.73 Å². The van der Waals surface area contributed by atoms with Crippen LogP contribution in [0.25, 0.3) is 0 Å². The molecule has 0 unspecified atom stereocenters. The van der Waals surface area contributed by atoms with E-state index in [1.807, 2.05) is 0 Å². The Bertz CT molecular complexity index is 438. The zero-order chi connectivity index (χ0) is 9.84. The van der Waals surface area contributed by atoms with E-state index < -0.39 is 5.56 Å². The molecule has 0 aliphatic rings. The van der Waals surface area contributed by atoms with Crippen LogP contribution in [0.15, 0.2) is 9.79 Å². The maximum Gasteiger partial charge on any atom is 0.278 e. The van der Waals surface area contributed by atoms with E-state index in [0.717, 1.165) is 0 Å². The second kappa shape index (κ2) is 3.54. The van der Waals surface area contributed by atoms with E-state index in [1.54, 1.807) is 6.92 Å². The molecule has 0 saturated carbocycles. The van der Waals surface area contributed by atoms with Crippen LogP contribution in [0.2, 0.25) is 0 Å². The SMILES string of the molecule is C#CC=Nc1c(C)nc(N)[nH]c1=O. The number of anilines is 1. The van der Waals surface area contributed by atoms with Gasteiger partial charge < -0.3 is 5.73 Å². The minimum Gasteiger partial charge on any atom is -0.369 e. The van der Waals surface area contributed by atoms with Crippen LogP contribution in [0.5, 0.6) is 0 Å². The number of nitrogens with two attached hydrogens (primary N) is 1. The molecule has 5 heteroatoms. The van der Waals surface area contributed by atoms with Gasteiger partial charge in [0.1, 0.15) is 0 Å². The summed E-state index contributed by atoms with van der Waals surface area (Å²) in [5.74, 6) is 2.25. The number of aliphatic imine (C=N–C) groups is 1. The second-order valence-electron chi connectivity index (χ2n) is 2.31. The second-order valence-corrected chi connectivity index (χ2v) is 2.31. The summed E-state index contributed by atoms with van der Waals surface area (Å²) in [6, 6.07) is 0. The molecule has 5 nitrogen and oxygen atoms in total. The van der Waals surface area contributed by atoms with Crippen LogP contribution in [0, 0.1) is 19.3 Å². The molecule has 0 aromatic carbocycles. The van der Waals surface area contributed by atoms with Gasteiger partial charge >= 0.3 is 0 Å². The highest BCUT2D eigenvalue weighted by Gasteiger charge is 2.03. The van der Waals surface area contributed by atoms with Crippen LogP contribution in [-0.2, 0) is 0 Å². The summed E-state index contributed by atoms with van der Waals surface area (Å²) < 4.78 is 0. The Hall–Kier alpha value is -2.09. The zero-order valence-corrected chi connectivity index (χ0v) is 7.03. The van der Waals surface area contributed by atoms with Gasteiger partial charge in [-0.3, -0.25) is 9.78 Å². The Balaban J connectivity index is 3.31. The molecule has 0 amide bonds. The van der Waals surface area contributed by atoms with E-state index in [9.17, 15) is 4.79 Å². The zero-order valence-electron chi connectivity index (χ0n) is 7.03. The van der Waals surface area contributed by atoms with E-state index in [0.29, 0.717) is 5.69 Å². The van der Waals surface area contributed by atoms with Gasteiger partial charge in [0.05, 0.1) is 11.9 Å². The van der Waals surface area contributed by atoms with E-state index in [4.69, 9.17) is 12.2 Å². The van der Waals surface area contributed by atoms with Crippen molar-refractivity contribution in [3.63, 3.8) is 0 Å². The Morgan fingerprint density at radius 2 is 2.46 bits per heavy atom. The van der Waals surface area contributed by atoms with Gasteiger partial charge in [-0.2, -0.15) is 0 Å². The predicted octanol–water partition coefficient (Wildman–Crippen LogP) is -0.00398. The number of nitrogens with one attached hydrogen (secondary N) is 1. The minimum absolute atomic E-state index is 0.0714. The summed E-state index contributed by atoms with van der Waals surface area (Å²) in [4.78, 5) is 21.1. The number of aryl methyl sites for hydroxylation is 1. The van der Waals surface area contributed by atoms with Crippen molar-refractivity contribution in [1.82, 2.24) is 9.97 Å². The summed E-state index contributed by atoms with van der Waals surface area (Å²) in [5, 5.41) is 0. The summed E-state index contributed by atoms with van der Waals surface area (Å²) in [7, 11) is 0. The van der Waals surface area contributed by atoms with Crippen molar-refractivity contribution in [2.45, 2.75) is 6.92 Å². The molecular formula is C8H8N4O. The number of rotatable bonds is 1. The van der Waals surface area contributed by atoms with Crippen molar-refractivity contribution >= 4 is 17.9 Å². The highest BCUT2D eigenvalue weighted by Crippen LogP contribution is 2.08. The molecule has 13 heavy (non-hydrogen) atoms. The first kappa shape index (κ1) is 9.00. The number of H-pyrrole nitrogens is 1. The summed E-state index contributed by atoms with van der Waals surface area (Å²) in [6.45, 7) is 1.63. The molecule has 1 aromatic heterocycles. The van der Waals surface area contributed by atoms with Gasteiger partial charge in [0.2, 0.25) is 5.95 Å². The summed E-state index contributed by atoms with van der Waals surface area (Å²) in [6.07, 6.45) is 6.14. The summed E-state index contributed by atoms with van der Waals surface area (Å²) >= 11 is 0. The highest BCUT2D eigenvalue weighted by atomic mass is 16.1. The van der Waals surface area contributed by atoms with Crippen molar-refractivity contribution in [3.05, 3.63) is 16.0 Å². The molecule has 1 heterocycles. The smallest absolute Gasteiger partial charge is 0.278 e. The third kappa shape index (κ3) is 1.93. The van der Waals surface area contributed by atoms with Crippen LogP contribution in [-0.4, -0.2) is 16.2 Å². The van der Waals surface area contributed by atoms with Crippen LogP contribution >= 0.6 is 0 Å². The third-order valence-electron chi connectivity index (χ3n) is 1.36. The molecule has 0 saturated heterocycles. The predicted molar refractivity (Wildman–Crippen MR) is 51.0 cm³/mol. The Morgan fingerprint density at radius 3 is 3.00 bits per heavy atom. The standard InChI is InChI=1S/C8H8N4O/c1-3-4-10-6-5(2)11-8(9)12-7(6)13/h1,4H,2H3,(H3,9,11,12,13). The Kier molecular flexibility index (Phi) is 2.45. The molecule has 66 valence electrons. The number of nitrogen functional groups attached to an aromatic ring is 1. The number of nitrogens with zero attached hydrogens (tertiary/aromatic N) is 2. The molecule has 0 fully saturated rings. The number of terminal acetylenes is 1. The quantitative estimate of drug-likeness (QED) is 0.466. The molecule has 1 rings (SSSR count). The molecule has 0 aliphatic heterocycles. The highest BCUT2D eigenvalue weighted by molar-refractivity contribution is 5.80. The third-order valence-corrected chi connectivity index (χ3v) is 1.36. The molecule has 0 atom stereocenters. The lowest BCUT2D eigenvalue weighted by molar-refractivity contribution is 1.07. The van der Waals surface area contributed by atoms with Crippen LogP contribution in [0.3, 0.4) is 0 Å². The molecule has 0 spiro atoms. The van der Waals surface area contributed by atoms with Crippen molar-refractivity contribution in [3.8, 4) is 12.3 Å². The Morgan fingerprint density at radius 1 is 1.77 bits per heavy atom. The van der Waals surface area contributed by atoms with E-state index in [1.165, 1.54) is 6.21 Å². The molecular weight excluding hydrogens is 168 g/mol. The topological polar surface area (TPSA) is 84.1 Å². The van der Waals surface area contributed by atoms with Gasteiger partial charge in [0.25, 0.3) is 5.56 Å². The average molecular weight is 176 g/mol. The lowest BCUT2D eigenvalue weighted by atomic mass is 10.4. The minimum atomic E-state index is -0.392. The number of aromatic nitrogens is 2. The monoisotopic (exact) mass is 176 g/mol. The lowest BCUT2D eigenvalue weighted by Crippen LogP contribution is -2.12. The van der Waals surface area contributed by atoms with Crippen LogP contribution in [0.4, 0.5) is 11.6 Å². The van der Waals surface area contributed by atoms with Gasteiger partial charge in [0, 0.05) is 0 Å². The largest absolute Gasteiger partial charge is 0.369 e. The van der Waals surface area contributed by atoms with E-state index in [-0.39, 0.29) is 11.6 Å². The molecule has 3 N–H and O–H groups in total. The Labute approximate surface area is 74.7 Å². The van der Waals surface area contributed by atoms with Gasteiger partial charge in [-0.25, -0.2) is 9.98 Å². The first-order valence-electron chi connectivity index (χ1n) is 3.50.